The van der Waals surface area contributed by atoms with Crippen LogP contribution in [0, 0.1) is 12.8 Å². The Morgan fingerprint density at radius 3 is 2.53 bits per heavy atom. The van der Waals surface area contributed by atoms with Crippen molar-refractivity contribution in [1.29, 1.82) is 0 Å². The lowest BCUT2D eigenvalue weighted by Crippen LogP contribution is -2.32. The average molecular weight is 284 g/mol. The molecular weight excluding hydrogens is 264 g/mol. The van der Waals surface area contributed by atoms with Crippen LogP contribution in [0.2, 0.25) is 0 Å². The molecule has 1 aliphatic heterocycles. The van der Waals surface area contributed by atoms with Crippen LogP contribution in [0.4, 0.5) is 0 Å². The minimum atomic E-state index is -3.45. The first-order valence-electron chi connectivity index (χ1n) is 6.26. The van der Waals surface area contributed by atoms with Gasteiger partial charge >= 0.3 is 0 Å². The molecule has 0 spiro atoms. The first-order chi connectivity index (χ1) is 8.86. The summed E-state index contributed by atoms with van der Waals surface area (Å²) in [5.74, 6) is 0.875. The molecular formula is C13H20N2O3S. The summed E-state index contributed by atoms with van der Waals surface area (Å²) >= 11 is 0. The van der Waals surface area contributed by atoms with Crippen LogP contribution < -0.4 is 10.5 Å². The van der Waals surface area contributed by atoms with E-state index in [9.17, 15) is 8.42 Å². The van der Waals surface area contributed by atoms with Gasteiger partial charge in [0.05, 0.1) is 12.0 Å². The van der Waals surface area contributed by atoms with Crippen molar-refractivity contribution >= 4 is 10.0 Å². The van der Waals surface area contributed by atoms with Crippen LogP contribution in [0.1, 0.15) is 12.5 Å². The van der Waals surface area contributed by atoms with Crippen molar-refractivity contribution in [3.8, 4) is 5.75 Å². The Hall–Kier alpha value is -1.11. The Morgan fingerprint density at radius 1 is 1.37 bits per heavy atom. The van der Waals surface area contributed by atoms with Crippen molar-refractivity contribution in [3.63, 3.8) is 0 Å². The molecule has 0 aliphatic carbocycles. The SMILES string of the molecule is COc1ccc(S(=O)(=O)N2CC(C)C(N)C2)cc1C. The van der Waals surface area contributed by atoms with E-state index >= 15 is 0 Å². The normalized spacial score (nSPS) is 24.6. The number of methoxy groups -OCH3 is 1. The van der Waals surface area contributed by atoms with Gasteiger partial charge < -0.3 is 10.5 Å². The molecule has 19 heavy (non-hydrogen) atoms. The van der Waals surface area contributed by atoms with Gasteiger partial charge in [-0.05, 0) is 36.6 Å². The van der Waals surface area contributed by atoms with E-state index in [2.05, 4.69) is 0 Å². The first kappa shape index (κ1) is 14.3. The van der Waals surface area contributed by atoms with Crippen molar-refractivity contribution in [2.75, 3.05) is 20.2 Å². The summed E-state index contributed by atoms with van der Waals surface area (Å²) in [6, 6.07) is 4.81. The number of rotatable bonds is 3. The predicted molar refractivity (Wildman–Crippen MR) is 73.6 cm³/mol. The minimum absolute atomic E-state index is 0.0888. The summed E-state index contributed by atoms with van der Waals surface area (Å²) in [5, 5.41) is 0. The summed E-state index contributed by atoms with van der Waals surface area (Å²) in [5.41, 5.74) is 6.70. The van der Waals surface area contributed by atoms with Crippen LogP contribution in [-0.4, -0.2) is 39.0 Å². The van der Waals surface area contributed by atoms with Crippen LogP contribution in [0.3, 0.4) is 0 Å². The fraction of sp³-hybridized carbons (Fsp3) is 0.538. The molecule has 1 aromatic carbocycles. The van der Waals surface area contributed by atoms with E-state index in [1.165, 1.54) is 4.31 Å². The Balaban J connectivity index is 2.33. The van der Waals surface area contributed by atoms with E-state index in [1.807, 2.05) is 13.8 Å². The number of hydrogen-bond acceptors (Lipinski definition) is 4. The van der Waals surface area contributed by atoms with Gasteiger partial charge in [0.25, 0.3) is 0 Å². The van der Waals surface area contributed by atoms with Crippen molar-refractivity contribution in [1.82, 2.24) is 4.31 Å². The number of nitrogens with zero attached hydrogens (tertiary/aromatic N) is 1. The standard InChI is InChI=1S/C13H20N2O3S/c1-9-6-11(4-5-13(9)18-3)19(16,17)15-7-10(2)12(14)8-15/h4-6,10,12H,7-8,14H2,1-3H3. The molecule has 106 valence electrons. The van der Waals surface area contributed by atoms with Crippen LogP contribution in [-0.2, 0) is 10.0 Å². The van der Waals surface area contributed by atoms with Crippen LogP contribution in [0.25, 0.3) is 0 Å². The van der Waals surface area contributed by atoms with Gasteiger partial charge in [-0.1, -0.05) is 6.92 Å². The average Bonchev–Trinajstić information content (AvgIpc) is 2.70. The number of nitrogens with two attached hydrogens (primary N) is 1. The van der Waals surface area contributed by atoms with Gasteiger partial charge in [-0.3, -0.25) is 0 Å². The zero-order chi connectivity index (χ0) is 14.2. The Bertz CT molecular complexity index is 561. The molecule has 0 saturated carbocycles. The van der Waals surface area contributed by atoms with E-state index in [0.29, 0.717) is 23.7 Å². The second-order valence-electron chi connectivity index (χ2n) is 5.09. The fourth-order valence-corrected chi connectivity index (χ4v) is 3.97. The summed E-state index contributed by atoms with van der Waals surface area (Å²) in [6.45, 7) is 4.67. The second kappa shape index (κ2) is 5.11. The fourth-order valence-electron chi connectivity index (χ4n) is 2.30. The first-order valence-corrected chi connectivity index (χ1v) is 7.70. The third-order valence-electron chi connectivity index (χ3n) is 3.64. The van der Waals surface area contributed by atoms with Gasteiger partial charge in [0.15, 0.2) is 0 Å². The highest BCUT2D eigenvalue weighted by molar-refractivity contribution is 7.89. The topological polar surface area (TPSA) is 72.6 Å². The van der Waals surface area contributed by atoms with Crippen LogP contribution >= 0.6 is 0 Å². The lowest BCUT2D eigenvalue weighted by molar-refractivity contribution is 0.411. The highest BCUT2D eigenvalue weighted by Gasteiger charge is 2.35. The maximum atomic E-state index is 12.5. The highest BCUT2D eigenvalue weighted by Crippen LogP contribution is 2.27. The molecule has 5 nitrogen and oxygen atoms in total. The zero-order valence-electron chi connectivity index (χ0n) is 11.5. The maximum absolute atomic E-state index is 12.5. The molecule has 1 saturated heterocycles. The number of hydrogen-bond donors (Lipinski definition) is 1. The Morgan fingerprint density at radius 2 is 2.05 bits per heavy atom. The van der Waals surface area contributed by atoms with Gasteiger partial charge in [-0.2, -0.15) is 4.31 Å². The number of benzene rings is 1. The lowest BCUT2D eigenvalue weighted by Gasteiger charge is -2.17. The third-order valence-corrected chi connectivity index (χ3v) is 5.47. The van der Waals surface area contributed by atoms with E-state index in [0.717, 1.165) is 5.56 Å². The minimum Gasteiger partial charge on any atom is -0.496 e. The largest absolute Gasteiger partial charge is 0.496 e. The number of ether oxygens (including phenoxy) is 1. The molecule has 2 rings (SSSR count). The summed E-state index contributed by atoms with van der Waals surface area (Å²) in [7, 11) is -1.89. The smallest absolute Gasteiger partial charge is 0.243 e. The molecule has 1 aromatic rings. The highest BCUT2D eigenvalue weighted by atomic mass is 32.2. The van der Waals surface area contributed by atoms with E-state index in [-0.39, 0.29) is 12.0 Å². The number of aryl methyl sites for hydroxylation is 1. The quantitative estimate of drug-likeness (QED) is 0.897. The molecule has 0 bridgehead atoms. The third kappa shape index (κ3) is 2.61. The van der Waals surface area contributed by atoms with Gasteiger partial charge in [-0.25, -0.2) is 8.42 Å². The molecule has 2 unspecified atom stereocenters. The molecule has 0 aromatic heterocycles. The summed E-state index contributed by atoms with van der Waals surface area (Å²) in [6.07, 6.45) is 0. The van der Waals surface area contributed by atoms with Gasteiger partial charge in [0, 0.05) is 19.1 Å². The van der Waals surface area contributed by atoms with Gasteiger partial charge in [0.1, 0.15) is 5.75 Å². The Kier molecular flexibility index (Phi) is 3.85. The van der Waals surface area contributed by atoms with Crippen molar-refractivity contribution in [3.05, 3.63) is 23.8 Å². The van der Waals surface area contributed by atoms with Crippen molar-refractivity contribution in [2.24, 2.45) is 11.7 Å². The van der Waals surface area contributed by atoms with Gasteiger partial charge in [0.2, 0.25) is 10.0 Å². The summed E-state index contributed by atoms with van der Waals surface area (Å²) in [4.78, 5) is 0.298. The predicted octanol–water partition coefficient (Wildman–Crippen LogP) is 0.971. The number of sulfonamides is 1. The molecule has 0 radical (unpaired) electrons. The van der Waals surface area contributed by atoms with Crippen LogP contribution in [0.5, 0.6) is 5.75 Å². The monoisotopic (exact) mass is 284 g/mol. The molecule has 2 N–H and O–H groups in total. The van der Waals surface area contributed by atoms with E-state index in [1.54, 1.807) is 25.3 Å². The van der Waals surface area contributed by atoms with Crippen LogP contribution in [0.15, 0.2) is 23.1 Å². The lowest BCUT2D eigenvalue weighted by atomic mass is 10.1. The summed E-state index contributed by atoms with van der Waals surface area (Å²) < 4.78 is 31.6. The molecule has 1 fully saturated rings. The molecule has 6 heteroatoms. The second-order valence-corrected chi connectivity index (χ2v) is 7.03. The Labute approximate surface area is 114 Å². The molecule has 2 atom stereocenters. The van der Waals surface area contributed by atoms with E-state index < -0.39 is 10.0 Å². The van der Waals surface area contributed by atoms with Crippen molar-refractivity contribution < 1.29 is 13.2 Å². The van der Waals surface area contributed by atoms with Crippen molar-refractivity contribution in [2.45, 2.75) is 24.8 Å². The van der Waals surface area contributed by atoms with E-state index in [4.69, 9.17) is 10.5 Å². The zero-order valence-corrected chi connectivity index (χ0v) is 12.3. The molecule has 1 heterocycles. The maximum Gasteiger partial charge on any atom is 0.243 e. The molecule has 0 amide bonds. The molecule has 1 aliphatic rings. The van der Waals surface area contributed by atoms with Gasteiger partial charge in [-0.15, -0.1) is 0 Å².